The molecule has 1 fully saturated rings. The SMILES string of the molecule is Bc1cccc([C@@]2(C)NC(=N)N(C)C(=O)[C@H]2c2ccc(C(C)(C)C)cc2)c1. The zero-order valence-corrected chi connectivity index (χ0v) is 17.1. The van der Waals surface area contributed by atoms with E-state index in [1.54, 1.807) is 7.05 Å². The lowest BCUT2D eigenvalue weighted by atomic mass is 9.72. The van der Waals surface area contributed by atoms with Crippen molar-refractivity contribution >= 4 is 25.2 Å². The Balaban J connectivity index is 2.13. The number of nitrogens with one attached hydrogen (secondary N) is 2. The zero-order chi connectivity index (χ0) is 20.0. The first-order chi connectivity index (χ1) is 12.5. The summed E-state index contributed by atoms with van der Waals surface area (Å²) in [4.78, 5) is 14.6. The molecule has 2 aromatic carbocycles. The Labute approximate surface area is 162 Å². The van der Waals surface area contributed by atoms with Gasteiger partial charge in [0, 0.05) is 7.05 Å². The number of rotatable bonds is 2. The summed E-state index contributed by atoms with van der Waals surface area (Å²) >= 11 is 0. The average Bonchev–Trinajstić information content (AvgIpc) is 2.59. The number of likely N-dealkylation sites (N-methyl/N-ethyl adjacent to an activating group) is 1. The number of carbonyl (C=O) groups is 1. The molecular formula is C22H28BN3O. The summed E-state index contributed by atoms with van der Waals surface area (Å²) in [7, 11) is 3.70. The van der Waals surface area contributed by atoms with Crippen LogP contribution in [0.15, 0.2) is 48.5 Å². The number of hydrogen-bond acceptors (Lipinski definition) is 2. The van der Waals surface area contributed by atoms with Gasteiger partial charge in [0.15, 0.2) is 5.96 Å². The van der Waals surface area contributed by atoms with E-state index in [0.29, 0.717) is 0 Å². The van der Waals surface area contributed by atoms with Gasteiger partial charge in [0.1, 0.15) is 7.85 Å². The van der Waals surface area contributed by atoms with Gasteiger partial charge in [0.05, 0.1) is 11.5 Å². The molecule has 2 atom stereocenters. The van der Waals surface area contributed by atoms with E-state index in [1.165, 1.54) is 10.5 Å². The number of amides is 1. The van der Waals surface area contributed by atoms with Gasteiger partial charge in [-0.25, -0.2) is 0 Å². The van der Waals surface area contributed by atoms with Crippen LogP contribution in [-0.2, 0) is 15.7 Å². The van der Waals surface area contributed by atoms with Crippen LogP contribution in [0.3, 0.4) is 0 Å². The largest absolute Gasteiger partial charge is 0.346 e. The van der Waals surface area contributed by atoms with Crippen LogP contribution in [0, 0.1) is 5.41 Å². The van der Waals surface area contributed by atoms with Crippen LogP contribution in [-0.4, -0.2) is 31.7 Å². The van der Waals surface area contributed by atoms with Gasteiger partial charge in [0.25, 0.3) is 0 Å². The van der Waals surface area contributed by atoms with Crippen LogP contribution in [0.4, 0.5) is 0 Å². The van der Waals surface area contributed by atoms with Crippen LogP contribution < -0.4 is 10.8 Å². The van der Waals surface area contributed by atoms with E-state index in [2.05, 4.69) is 56.4 Å². The van der Waals surface area contributed by atoms with E-state index in [0.717, 1.165) is 16.6 Å². The summed E-state index contributed by atoms with van der Waals surface area (Å²) in [6, 6.07) is 16.5. The smallest absolute Gasteiger partial charge is 0.239 e. The molecule has 3 rings (SSSR count). The van der Waals surface area contributed by atoms with E-state index in [1.807, 2.05) is 33.0 Å². The molecule has 5 heteroatoms. The van der Waals surface area contributed by atoms with E-state index >= 15 is 0 Å². The van der Waals surface area contributed by atoms with E-state index in [4.69, 9.17) is 5.41 Å². The fraction of sp³-hybridized carbons (Fsp3) is 0.364. The zero-order valence-electron chi connectivity index (χ0n) is 17.1. The highest BCUT2D eigenvalue weighted by atomic mass is 16.2. The first-order valence-corrected chi connectivity index (χ1v) is 9.36. The average molecular weight is 361 g/mol. The van der Waals surface area contributed by atoms with Gasteiger partial charge >= 0.3 is 0 Å². The lowest BCUT2D eigenvalue weighted by molar-refractivity contribution is -0.131. The molecule has 4 nitrogen and oxygen atoms in total. The van der Waals surface area contributed by atoms with Crippen molar-refractivity contribution in [2.45, 2.75) is 44.6 Å². The minimum absolute atomic E-state index is 0.0616. The van der Waals surface area contributed by atoms with Gasteiger partial charge in [0.2, 0.25) is 5.91 Å². The van der Waals surface area contributed by atoms with E-state index in [9.17, 15) is 4.79 Å². The maximum atomic E-state index is 13.2. The standard InChI is InChI=1S/C22H28BN3O/c1-21(2,3)15-11-9-14(10-12-15)18-19(27)26(5)20(24)25-22(18,4)16-7-6-8-17(23)13-16/h6-13,18H,23H2,1-5H3,(H2,24,25)/t18-,22-/m1/s1. The molecule has 1 amide bonds. The highest BCUT2D eigenvalue weighted by Gasteiger charge is 2.48. The van der Waals surface area contributed by atoms with E-state index < -0.39 is 11.5 Å². The molecule has 0 saturated carbocycles. The Morgan fingerprint density at radius 3 is 2.33 bits per heavy atom. The minimum atomic E-state index is -0.685. The molecule has 0 radical (unpaired) electrons. The second-order valence-electron chi connectivity index (χ2n) is 8.75. The maximum absolute atomic E-state index is 13.2. The molecule has 140 valence electrons. The van der Waals surface area contributed by atoms with Crippen LogP contribution in [0.1, 0.15) is 50.3 Å². The Hall–Kier alpha value is -2.56. The van der Waals surface area contributed by atoms with Gasteiger partial charge in [-0.3, -0.25) is 15.1 Å². The summed E-state index contributed by atoms with van der Waals surface area (Å²) in [5, 5.41) is 11.5. The molecule has 1 heterocycles. The predicted molar refractivity (Wildman–Crippen MR) is 113 cm³/mol. The third kappa shape index (κ3) is 3.38. The number of hydrogen-bond donors (Lipinski definition) is 2. The third-order valence-corrected chi connectivity index (χ3v) is 5.60. The van der Waals surface area contributed by atoms with Gasteiger partial charge in [-0.2, -0.15) is 0 Å². The molecule has 0 aromatic heterocycles. The second-order valence-corrected chi connectivity index (χ2v) is 8.75. The molecule has 1 aliphatic rings. The molecular weight excluding hydrogens is 333 g/mol. The molecule has 0 aliphatic carbocycles. The lowest BCUT2D eigenvalue weighted by Crippen LogP contribution is -2.62. The van der Waals surface area contributed by atoms with Crippen molar-refractivity contribution in [1.82, 2.24) is 10.2 Å². The van der Waals surface area contributed by atoms with Crippen molar-refractivity contribution in [3.05, 3.63) is 65.2 Å². The molecule has 0 bridgehead atoms. The summed E-state index contributed by atoms with van der Waals surface area (Å²) in [6.45, 7) is 8.56. The molecule has 0 spiro atoms. The molecule has 1 aliphatic heterocycles. The van der Waals surface area contributed by atoms with Crippen molar-refractivity contribution in [2.24, 2.45) is 0 Å². The van der Waals surface area contributed by atoms with Gasteiger partial charge in [-0.15, -0.1) is 0 Å². The van der Waals surface area contributed by atoms with Gasteiger partial charge < -0.3 is 5.32 Å². The first-order valence-electron chi connectivity index (χ1n) is 9.36. The quantitative estimate of drug-likeness (QED) is 0.806. The number of carbonyl (C=O) groups excluding carboxylic acids is 1. The van der Waals surface area contributed by atoms with Gasteiger partial charge in [-0.1, -0.05) is 74.8 Å². The summed E-state index contributed by atoms with van der Waals surface area (Å²) in [5.74, 6) is -0.342. The number of benzene rings is 2. The van der Waals surface area contributed by atoms with Gasteiger partial charge in [-0.05, 0) is 29.0 Å². The fourth-order valence-corrected chi connectivity index (χ4v) is 3.81. The molecule has 1 saturated heterocycles. The Kier molecular flexibility index (Phi) is 4.67. The molecule has 27 heavy (non-hydrogen) atoms. The normalized spacial score (nSPS) is 23.3. The summed E-state index contributed by atoms with van der Waals surface area (Å²) in [6.07, 6.45) is 0. The van der Waals surface area contributed by atoms with Crippen molar-refractivity contribution in [3.8, 4) is 0 Å². The predicted octanol–water partition coefficient (Wildman–Crippen LogP) is 2.24. The van der Waals surface area contributed by atoms with Crippen molar-refractivity contribution in [3.63, 3.8) is 0 Å². The Morgan fingerprint density at radius 2 is 1.78 bits per heavy atom. The third-order valence-electron chi connectivity index (χ3n) is 5.60. The second kappa shape index (κ2) is 6.56. The van der Waals surface area contributed by atoms with Crippen molar-refractivity contribution < 1.29 is 4.79 Å². The fourth-order valence-electron chi connectivity index (χ4n) is 3.81. The van der Waals surface area contributed by atoms with Crippen LogP contribution in [0.5, 0.6) is 0 Å². The molecule has 2 N–H and O–H groups in total. The van der Waals surface area contributed by atoms with Crippen molar-refractivity contribution in [2.75, 3.05) is 7.05 Å². The molecule has 2 aromatic rings. The Morgan fingerprint density at radius 1 is 1.15 bits per heavy atom. The number of nitrogens with zero attached hydrogens (tertiary/aromatic N) is 1. The first kappa shape index (κ1) is 19.2. The monoisotopic (exact) mass is 361 g/mol. The van der Waals surface area contributed by atoms with Crippen LogP contribution in [0.25, 0.3) is 0 Å². The van der Waals surface area contributed by atoms with E-state index in [-0.39, 0.29) is 17.3 Å². The highest BCUT2D eigenvalue weighted by Crippen LogP contribution is 2.41. The highest BCUT2D eigenvalue weighted by molar-refractivity contribution is 6.32. The summed E-state index contributed by atoms with van der Waals surface area (Å²) in [5.41, 5.74) is 3.72. The molecule has 0 unspecified atom stereocenters. The lowest BCUT2D eigenvalue weighted by Gasteiger charge is -2.46. The topological polar surface area (TPSA) is 56.2 Å². The van der Waals surface area contributed by atoms with Crippen LogP contribution in [0.2, 0.25) is 0 Å². The van der Waals surface area contributed by atoms with Crippen molar-refractivity contribution in [1.29, 1.82) is 5.41 Å². The summed E-state index contributed by atoms with van der Waals surface area (Å²) < 4.78 is 0. The van der Waals surface area contributed by atoms with Crippen LogP contribution >= 0.6 is 0 Å². The number of guanidine groups is 1. The maximum Gasteiger partial charge on any atom is 0.239 e. The minimum Gasteiger partial charge on any atom is -0.346 e. The Bertz CT molecular complexity index is 885.